The van der Waals surface area contributed by atoms with Crippen LogP contribution in [0.1, 0.15) is 19.0 Å². The van der Waals surface area contributed by atoms with Gasteiger partial charge in [0.15, 0.2) is 0 Å². The molecule has 1 unspecified atom stereocenters. The largest absolute Gasteiger partial charge is 0.307 e. The Bertz CT molecular complexity index is 387. The second-order valence-corrected chi connectivity index (χ2v) is 4.26. The molecule has 0 aromatic carbocycles. The van der Waals surface area contributed by atoms with Crippen LogP contribution in [0.15, 0.2) is 30.6 Å². The van der Waals surface area contributed by atoms with Crippen LogP contribution in [0.3, 0.4) is 0 Å². The molecule has 3 heteroatoms. The summed E-state index contributed by atoms with van der Waals surface area (Å²) >= 11 is 5.89. The average Bonchev–Trinajstić information content (AvgIpc) is 2.57. The topological polar surface area (TPSA) is 17.3 Å². The summed E-state index contributed by atoms with van der Waals surface area (Å²) in [6, 6.07) is 6.01. The van der Waals surface area contributed by atoms with E-state index in [1.807, 2.05) is 35.7 Å². The Morgan fingerprint density at radius 3 is 3.07 bits per heavy atom. The maximum absolute atomic E-state index is 5.89. The third kappa shape index (κ3) is 2.07. The van der Waals surface area contributed by atoms with E-state index in [1.54, 1.807) is 0 Å². The minimum absolute atomic E-state index is 0.222. The fourth-order valence-electron chi connectivity index (χ4n) is 1.45. The molecule has 0 saturated carbocycles. The van der Waals surface area contributed by atoms with Crippen LogP contribution in [0.5, 0.6) is 0 Å². The van der Waals surface area contributed by atoms with Gasteiger partial charge < -0.3 is 4.40 Å². The predicted molar refractivity (Wildman–Crippen MR) is 58.8 cm³/mol. The Balaban J connectivity index is 2.19. The SMILES string of the molecule is CC(Cl)CCc1cn2ccccc2n1. The first-order chi connectivity index (χ1) is 6.75. The molecule has 0 spiro atoms. The average molecular weight is 209 g/mol. The number of alkyl halides is 1. The lowest BCUT2D eigenvalue weighted by atomic mass is 10.2. The molecule has 0 bridgehead atoms. The van der Waals surface area contributed by atoms with E-state index >= 15 is 0 Å². The van der Waals surface area contributed by atoms with Crippen LogP contribution in [0.4, 0.5) is 0 Å². The van der Waals surface area contributed by atoms with Gasteiger partial charge in [0.05, 0.1) is 5.69 Å². The van der Waals surface area contributed by atoms with Crippen LogP contribution in [0.2, 0.25) is 0 Å². The second kappa shape index (κ2) is 4.01. The van der Waals surface area contributed by atoms with Crippen molar-refractivity contribution in [3.63, 3.8) is 0 Å². The van der Waals surface area contributed by atoms with Crippen molar-refractivity contribution in [1.29, 1.82) is 0 Å². The maximum atomic E-state index is 5.89. The highest BCUT2D eigenvalue weighted by Gasteiger charge is 2.02. The number of fused-ring (bicyclic) bond motifs is 1. The Kier molecular flexibility index (Phi) is 2.73. The molecule has 2 heterocycles. The standard InChI is InChI=1S/C11H13ClN2/c1-9(12)5-6-10-8-14-7-3-2-4-11(14)13-10/h2-4,7-9H,5-6H2,1H3. The van der Waals surface area contributed by atoms with Gasteiger partial charge in [-0.05, 0) is 31.9 Å². The van der Waals surface area contributed by atoms with Crippen LogP contribution in [0.25, 0.3) is 5.65 Å². The molecule has 2 nitrogen and oxygen atoms in total. The van der Waals surface area contributed by atoms with Gasteiger partial charge in [-0.2, -0.15) is 0 Å². The Hall–Kier alpha value is -1.02. The minimum atomic E-state index is 0.222. The quantitative estimate of drug-likeness (QED) is 0.709. The monoisotopic (exact) mass is 208 g/mol. The highest BCUT2D eigenvalue weighted by atomic mass is 35.5. The summed E-state index contributed by atoms with van der Waals surface area (Å²) in [5.41, 5.74) is 2.12. The number of hydrogen-bond donors (Lipinski definition) is 0. The zero-order valence-electron chi connectivity index (χ0n) is 8.15. The lowest BCUT2D eigenvalue weighted by Crippen LogP contribution is -1.94. The normalized spacial score (nSPS) is 13.3. The van der Waals surface area contributed by atoms with E-state index in [0.29, 0.717) is 0 Å². The predicted octanol–water partition coefficient (Wildman–Crippen LogP) is 2.89. The van der Waals surface area contributed by atoms with E-state index in [0.717, 1.165) is 24.2 Å². The molecular weight excluding hydrogens is 196 g/mol. The van der Waals surface area contributed by atoms with E-state index in [1.165, 1.54) is 0 Å². The Morgan fingerprint density at radius 1 is 1.50 bits per heavy atom. The van der Waals surface area contributed by atoms with Gasteiger partial charge in [0.2, 0.25) is 0 Å². The van der Waals surface area contributed by atoms with Gasteiger partial charge in [0.25, 0.3) is 0 Å². The van der Waals surface area contributed by atoms with Crippen LogP contribution < -0.4 is 0 Å². The molecule has 0 N–H and O–H groups in total. The Morgan fingerprint density at radius 2 is 2.36 bits per heavy atom. The molecule has 0 aliphatic rings. The number of nitrogens with zero attached hydrogens (tertiary/aromatic N) is 2. The first kappa shape index (κ1) is 9.53. The highest BCUT2D eigenvalue weighted by Crippen LogP contribution is 2.09. The zero-order valence-corrected chi connectivity index (χ0v) is 8.91. The number of hydrogen-bond acceptors (Lipinski definition) is 1. The van der Waals surface area contributed by atoms with Gasteiger partial charge in [-0.1, -0.05) is 6.07 Å². The number of aromatic nitrogens is 2. The van der Waals surface area contributed by atoms with Gasteiger partial charge in [-0.25, -0.2) is 4.98 Å². The maximum Gasteiger partial charge on any atom is 0.136 e. The summed E-state index contributed by atoms with van der Waals surface area (Å²) in [6.45, 7) is 2.01. The smallest absolute Gasteiger partial charge is 0.136 e. The molecule has 0 saturated heterocycles. The number of rotatable bonds is 3. The molecule has 14 heavy (non-hydrogen) atoms. The van der Waals surface area contributed by atoms with Gasteiger partial charge in [-0.3, -0.25) is 0 Å². The number of pyridine rings is 1. The van der Waals surface area contributed by atoms with Gasteiger partial charge in [-0.15, -0.1) is 11.6 Å². The van der Waals surface area contributed by atoms with Gasteiger partial charge >= 0.3 is 0 Å². The molecular formula is C11H13ClN2. The van der Waals surface area contributed by atoms with Gasteiger partial charge in [0.1, 0.15) is 5.65 Å². The fraction of sp³-hybridized carbons (Fsp3) is 0.364. The molecule has 0 aliphatic carbocycles. The lowest BCUT2D eigenvalue weighted by Gasteiger charge is -1.97. The van der Waals surface area contributed by atoms with Crippen molar-refractivity contribution in [3.8, 4) is 0 Å². The molecule has 1 atom stereocenters. The Labute approximate surface area is 88.5 Å². The third-order valence-electron chi connectivity index (χ3n) is 2.21. The summed E-state index contributed by atoms with van der Waals surface area (Å²) in [5.74, 6) is 0. The molecule has 0 radical (unpaired) electrons. The van der Waals surface area contributed by atoms with Crippen LogP contribution in [-0.2, 0) is 6.42 Å². The molecule has 0 amide bonds. The lowest BCUT2D eigenvalue weighted by molar-refractivity contribution is 0.789. The fourth-order valence-corrected chi connectivity index (χ4v) is 1.56. The van der Waals surface area contributed by atoms with Crippen molar-refractivity contribution in [2.75, 3.05) is 0 Å². The molecule has 74 valence electrons. The van der Waals surface area contributed by atoms with Crippen molar-refractivity contribution in [1.82, 2.24) is 9.38 Å². The first-order valence-electron chi connectivity index (χ1n) is 4.82. The molecule has 2 aromatic heterocycles. The summed E-state index contributed by atoms with van der Waals surface area (Å²) < 4.78 is 2.04. The highest BCUT2D eigenvalue weighted by molar-refractivity contribution is 6.20. The second-order valence-electron chi connectivity index (χ2n) is 3.52. The first-order valence-corrected chi connectivity index (χ1v) is 5.26. The van der Waals surface area contributed by atoms with Crippen LogP contribution >= 0.6 is 11.6 Å². The summed E-state index contributed by atoms with van der Waals surface area (Å²) in [5, 5.41) is 0.222. The zero-order chi connectivity index (χ0) is 9.97. The van der Waals surface area contributed by atoms with Crippen molar-refractivity contribution < 1.29 is 0 Å². The van der Waals surface area contributed by atoms with E-state index in [9.17, 15) is 0 Å². The summed E-state index contributed by atoms with van der Waals surface area (Å²) in [6.07, 6.45) is 6.00. The van der Waals surface area contributed by atoms with Crippen LogP contribution in [0, 0.1) is 0 Å². The summed E-state index contributed by atoms with van der Waals surface area (Å²) in [7, 11) is 0. The van der Waals surface area contributed by atoms with Crippen molar-refractivity contribution in [2.24, 2.45) is 0 Å². The molecule has 2 rings (SSSR count). The van der Waals surface area contributed by atoms with Crippen LogP contribution in [-0.4, -0.2) is 14.8 Å². The number of halogens is 1. The van der Waals surface area contributed by atoms with E-state index in [-0.39, 0.29) is 5.38 Å². The van der Waals surface area contributed by atoms with Crippen molar-refractivity contribution in [3.05, 3.63) is 36.3 Å². The van der Waals surface area contributed by atoms with Gasteiger partial charge in [0, 0.05) is 17.8 Å². The molecule has 0 fully saturated rings. The number of aryl methyl sites for hydroxylation is 1. The van der Waals surface area contributed by atoms with E-state index in [2.05, 4.69) is 11.2 Å². The minimum Gasteiger partial charge on any atom is -0.307 e. The number of imidazole rings is 1. The third-order valence-corrected chi connectivity index (χ3v) is 2.43. The van der Waals surface area contributed by atoms with E-state index < -0.39 is 0 Å². The van der Waals surface area contributed by atoms with Crippen molar-refractivity contribution >= 4 is 17.2 Å². The molecule has 2 aromatic rings. The van der Waals surface area contributed by atoms with Crippen molar-refractivity contribution in [2.45, 2.75) is 25.1 Å². The van der Waals surface area contributed by atoms with E-state index in [4.69, 9.17) is 11.6 Å². The molecule has 0 aliphatic heterocycles. The summed E-state index contributed by atoms with van der Waals surface area (Å²) in [4.78, 5) is 4.49.